The number of nitrogens with one attached hydrogen (secondary N) is 1. The molecule has 2 heterocycles. The smallest absolute Gasteiger partial charge is 0.268 e. The zero-order valence-corrected chi connectivity index (χ0v) is 20.6. The summed E-state index contributed by atoms with van der Waals surface area (Å²) in [4.78, 5) is 18.4. The molecule has 0 saturated carbocycles. The van der Waals surface area contributed by atoms with E-state index in [1.54, 1.807) is 11.8 Å². The fourth-order valence-electron chi connectivity index (χ4n) is 3.89. The van der Waals surface area contributed by atoms with E-state index in [0.29, 0.717) is 35.0 Å². The van der Waals surface area contributed by atoms with Crippen molar-refractivity contribution in [1.29, 1.82) is 0 Å². The Morgan fingerprint density at radius 1 is 1.21 bits per heavy atom. The summed E-state index contributed by atoms with van der Waals surface area (Å²) < 4.78 is 13.0. The van der Waals surface area contributed by atoms with Gasteiger partial charge in [0.05, 0.1) is 29.9 Å². The van der Waals surface area contributed by atoms with Gasteiger partial charge in [0, 0.05) is 17.0 Å². The van der Waals surface area contributed by atoms with E-state index in [0.717, 1.165) is 27.4 Å². The van der Waals surface area contributed by atoms with Crippen LogP contribution in [-0.4, -0.2) is 34.6 Å². The van der Waals surface area contributed by atoms with Gasteiger partial charge in [0.25, 0.3) is 5.91 Å². The van der Waals surface area contributed by atoms with Gasteiger partial charge < -0.3 is 19.6 Å². The highest BCUT2D eigenvalue weighted by atomic mass is 35.5. The predicted molar refractivity (Wildman–Crippen MR) is 131 cm³/mol. The number of benzene rings is 2. The number of nitrogens with zero attached hydrogens (tertiary/aromatic N) is 3. The Labute approximate surface area is 203 Å². The Morgan fingerprint density at radius 2 is 1.91 bits per heavy atom. The lowest BCUT2D eigenvalue weighted by Gasteiger charge is -2.12. The van der Waals surface area contributed by atoms with Crippen molar-refractivity contribution in [3.05, 3.63) is 69.5 Å². The number of amides is 1. The number of aryl methyl sites for hydroxylation is 3. The number of carbonyl (C=O) groups excluding carboxylic acids is 1. The largest absolute Gasteiger partial charge is 0.496 e. The van der Waals surface area contributed by atoms with Crippen LogP contribution in [0.3, 0.4) is 0 Å². The highest BCUT2D eigenvalue weighted by Crippen LogP contribution is 2.28. The van der Waals surface area contributed by atoms with E-state index in [1.807, 2.05) is 64.1 Å². The first-order valence-electron chi connectivity index (χ1n) is 10.9. The summed E-state index contributed by atoms with van der Waals surface area (Å²) in [5, 5.41) is 12.3. The van der Waals surface area contributed by atoms with Gasteiger partial charge in [-0.2, -0.15) is 5.10 Å². The molecule has 1 unspecified atom stereocenters. The number of methoxy groups -OCH3 is 1. The fourth-order valence-corrected chi connectivity index (χ4v) is 4.00. The van der Waals surface area contributed by atoms with Crippen LogP contribution in [0.5, 0.6) is 11.5 Å². The van der Waals surface area contributed by atoms with Gasteiger partial charge >= 0.3 is 0 Å². The van der Waals surface area contributed by atoms with E-state index >= 15 is 0 Å². The molecule has 0 fully saturated rings. The number of oxime groups is 1. The lowest BCUT2D eigenvalue weighted by Crippen LogP contribution is -2.28. The Morgan fingerprint density at radius 3 is 2.62 bits per heavy atom. The highest BCUT2D eigenvalue weighted by molar-refractivity contribution is 6.32. The van der Waals surface area contributed by atoms with E-state index in [-0.39, 0.29) is 12.6 Å². The number of ether oxygens (including phenoxy) is 2. The summed E-state index contributed by atoms with van der Waals surface area (Å²) >= 11 is 6.24. The number of hydrogen-bond acceptors (Lipinski definition) is 6. The first-order chi connectivity index (χ1) is 16.3. The molecule has 34 heavy (non-hydrogen) atoms. The minimum Gasteiger partial charge on any atom is -0.496 e. The normalized spacial score (nSPS) is 15.0. The van der Waals surface area contributed by atoms with Gasteiger partial charge in [0.15, 0.2) is 6.73 Å². The Kier molecular flexibility index (Phi) is 6.79. The van der Waals surface area contributed by atoms with Gasteiger partial charge in [-0.3, -0.25) is 4.79 Å². The number of halogens is 1. The lowest BCUT2D eigenvalue weighted by atomic mass is 10.0. The third kappa shape index (κ3) is 4.72. The van der Waals surface area contributed by atoms with Gasteiger partial charge in [0.2, 0.25) is 6.10 Å². The molecule has 1 N–H and O–H groups in total. The number of carbonyl (C=O) groups is 1. The topological polar surface area (TPSA) is 87.0 Å². The van der Waals surface area contributed by atoms with Gasteiger partial charge in [-0.15, -0.1) is 0 Å². The Bertz CT molecular complexity index is 1240. The maximum atomic E-state index is 12.9. The number of hydrogen-bond donors (Lipinski definition) is 1. The SMILES string of the molecule is COc1ccccc1C1=NOC(C(=O)Nc2c(C)nn(COc3cc(C)c(Cl)c(C)c3)c2C)C1. The Hall–Kier alpha value is -3.52. The van der Waals surface area contributed by atoms with E-state index in [2.05, 4.69) is 15.6 Å². The molecule has 4 rings (SSSR count). The van der Waals surface area contributed by atoms with Crippen molar-refractivity contribution in [2.75, 3.05) is 12.4 Å². The standard InChI is InChI=1S/C25H27ClN4O4/c1-14-10-18(11-15(2)23(14)26)33-13-30-17(4)24(16(3)28-30)27-25(31)22-12-20(29-34-22)19-8-6-7-9-21(19)32-5/h6-11,22H,12-13H2,1-5H3,(H,27,31). The molecule has 1 atom stereocenters. The lowest BCUT2D eigenvalue weighted by molar-refractivity contribution is -0.125. The van der Waals surface area contributed by atoms with Gasteiger partial charge in [0.1, 0.15) is 11.5 Å². The molecule has 8 nitrogen and oxygen atoms in total. The van der Waals surface area contributed by atoms with Crippen LogP contribution in [-0.2, 0) is 16.4 Å². The molecule has 9 heteroatoms. The summed E-state index contributed by atoms with van der Waals surface area (Å²) in [7, 11) is 1.60. The minimum atomic E-state index is -0.738. The summed E-state index contributed by atoms with van der Waals surface area (Å²) in [5.41, 5.74) is 5.47. The number of anilines is 1. The molecule has 2 aromatic carbocycles. The van der Waals surface area contributed by atoms with Crippen LogP contribution >= 0.6 is 11.6 Å². The summed E-state index contributed by atoms with van der Waals surface area (Å²) in [6.07, 6.45) is -0.394. The zero-order chi connectivity index (χ0) is 24.4. The van der Waals surface area contributed by atoms with Crippen molar-refractivity contribution < 1.29 is 19.1 Å². The summed E-state index contributed by atoms with van der Waals surface area (Å²) in [6.45, 7) is 7.79. The molecule has 0 radical (unpaired) electrons. The van der Waals surface area contributed by atoms with Crippen molar-refractivity contribution in [3.63, 3.8) is 0 Å². The number of para-hydroxylation sites is 1. The van der Waals surface area contributed by atoms with Crippen molar-refractivity contribution in [1.82, 2.24) is 9.78 Å². The van der Waals surface area contributed by atoms with E-state index in [4.69, 9.17) is 25.9 Å². The monoisotopic (exact) mass is 482 g/mol. The molecule has 1 aromatic heterocycles. The molecule has 0 saturated heterocycles. The molecular weight excluding hydrogens is 456 g/mol. The first-order valence-corrected chi connectivity index (χ1v) is 11.3. The average Bonchev–Trinajstić information content (AvgIpc) is 3.42. The van der Waals surface area contributed by atoms with E-state index < -0.39 is 6.10 Å². The maximum absolute atomic E-state index is 12.9. The zero-order valence-electron chi connectivity index (χ0n) is 19.8. The molecule has 1 aliphatic rings. The fraction of sp³-hybridized carbons (Fsp3) is 0.320. The van der Waals surface area contributed by atoms with Crippen molar-refractivity contribution in [3.8, 4) is 11.5 Å². The Balaban J connectivity index is 1.41. The van der Waals surface area contributed by atoms with Crippen LogP contribution in [0, 0.1) is 27.7 Å². The molecule has 1 amide bonds. The van der Waals surface area contributed by atoms with Crippen LogP contribution in [0.1, 0.15) is 34.5 Å². The van der Waals surface area contributed by atoms with Crippen LogP contribution in [0.15, 0.2) is 41.6 Å². The van der Waals surface area contributed by atoms with Gasteiger partial charge in [-0.1, -0.05) is 28.9 Å². The minimum absolute atomic E-state index is 0.198. The van der Waals surface area contributed by atoms with Crippen LogP contribution < -0.4 is 14.8 Å². The van der Waals surface area contributed by atoms with Gasteiger partial charge in [-0.25, -0.2) is 4.68 Å². The first kappa shape index (κ1) is 23.6. The van der Waals surface area contributed by atoms with Crippen LogP contribution in [0.4, 0.5) is 5.69 Å². The molecule has 0 bridgehead atoms. The second kappa shape index (κ2) is 9.77. The second-order valence-electron chi connectivity index (χ2n) is 8.22. The average molecular weight is 483 g/mol. The predicted octanol–water partition coefficient (Wildman–Crippen LogP) is 4.95. The van der Waals surface area contributed by atoms with E-state index in [1.165, 1.54) is 0 Å². The number of rotatable bonds is 7. The molecule has 178 valence electrons. The van der Waals surface area contributed by atoms with Crippen LogP contribution in [0.25, 0.3) is 0 Å². The molecule has 3 aromatic rings. The number of aromatic nitrogens is 2. The third-order valence-electron chi connectivity index (χ3n) is 5.77. The second-order valence-corrected chi connectivity index (χ2v) is 8.59. The molecular formula is C25H27ClN4O4. The molecule has 1 aliphatic heterocycles. The van der Waals surface area contributed by atoms with Crippen molar-refractivity contribution >= 4 is 28.9 Å². The summed E-state index contributed by atoms with van der Waals surface area (Å²) in [6, 6.07) is 11.3. The summed E-state index contributed by atoms with van der Waals surface area (Å²) in [5.74, 6) is 1.10. The van der Waals surface area contributed by atoms with Crippen molar-refractivity contribution in [2.24, 2.45) is 5.16 Å². The molecule has 0 spiro atoms. The maximum Gasteiger partial charge on any atom is 0.268 e. The molecule has 0 aliphatic carbocycles. The van der Waals surface area contributed by atoms with Gasteiger partial charge in [-0.05, 0) is 63.1 Å². The highest BCUT2D eigenvalue weighted by Gasteiger charge is 2.31. The van der Waals surface area contributed by atoms with E-state index in [9.17, 15) is 4.79 Å². The third-order valence-corrected chi connectivity index (χ3v) is 6.37. The van der Waals surface area contributed by atoms with Crippen molar-refractivity contribution in [2.45, 2.75) is 47.0 Å². The quantitative estimate of drug-likeness (QED) is 0.515. The van der Waals surface area contributed by atoms with Crippen LogP contribution in [0.2, 0.25) is 5.02 Å².